The van der Waals surface area contributed by atoms with Crippen LogP contribution in [-0.4, -0.2) is 50.9 Å². The van der Waals surface area contributed by atoms with Gasteiger partial charge in [0.2, 0.25) is 0 Å². The number of nitrogens with zero attached hydrogens (tertiary/aromatic N) is 3. The second-order valence-corrected chi connectivity index (χ2v) is 10.0. The number of rotatable bonds is 12. The number of aliphatic carboxylic acids is 1. The van der Waals surface area contributed by atoms with Crippen LogP contribution in [0, 0.1) is 0 Å². The minimum atomic E-state index is -0.870. The molecule has 0 amide bonds. The first-order chi connectivity index (χ1) is 16.7. The van der Waals surface area contributed by atoms with E-state index in [4.69, 9.17) is 4.74 Å². The Hall–Kier alpha value is -2.87. The molecular weight excluding hydrogens is 444 g/mol. The molecule has 8 nitrogen and oxygen atoms in total. The second kappa shape index (κ2) is 12.2. The third-order valence-electron chi connectivity index (χ3n) is 6.47. The van der Waals surface area contributed by atoms with E-state index in [-0.39, 0.29) is 12.3 Å². The Labute approximate surface area is 208 Å². The van der Waals surface area contributed by atoms with Crippen LogP contribution in [0.25, 0.3) is 0 Å². The maximum Gasteiger partial charge on any atom is 0.316 e. The summed E-state index contributed by atoms with van der Waals surface area (Å²) in [6.07, 6.45) is 9.95. The molecule has 1 saturated carbocycles. The molecule has 0 spiro atoms. The highest BCUT2D eigenvalue weighted by Gasteiger charge is 2.29. The molecule has 1 aliphatic rings. The van der Waals surface area contributed by atoms with Crippen molar-refractivity contribution in [2.75, 3.05) is 23.4 Å². The van der Waals surface area contributed by atoms with Gasteiger partial charge < -0.3 is 25.2 Å². The molecule has 1 heterocycles. The molecule has 3 rings (SSSR count). The summed E-state index contributed by atoms with van der Waals surface area (Å²) in [4.78, 5) is 22.3. The Morgan fingerprint density at radius 1 is 1.20 bits per heavy atom. The van der Waals surface area contributed by atoms with Gasteiger partial charge in [-0.3, -0.25) is 4.79 Å². The molecule has 3 N–H and O–H groups in total. The maximum atomic E-state index is 11.5. The summed E-state index contributed by atoms with van der Waals surface area (Å²) >= 11 is 0. The van der Waals surface area contributed by atoms with Gasteiger partial charge in [-0.05, 0) is 63.6 Å². The number of hydrogen-bond donors (Lipinski definition) is 3. The van der Waals surface area contributed by atoms with E-state index < -0.39 is 11.6 Å². The number of hydrogen-bond acceptors (Lipinski definition) is 7. The van der Waals surface area contributed by atoms with Crippen molar-refractivity contribution in [3.05, 3.63) is 36.2 Å². The topological polar surface area (TPSA) is 108 Å². The van der Waals surface area contributed by atoms with Gasteiger partial charge >= 0.3 is 12.0 Å². The first kappa shape index (κ1) is 26.7. The van der Waals surface area contributed by atoms with Crippen LogP contribution in [0.2, 0.25) is 0 Å². The Morgan fingerprint density at radius 2 is 1.89 bits per heavy atom. The van der Waals surface area contributed by atoms with Crippen LogP contribution in [0.5, 0.6) is 6.01 Å². The smallest absolute Gasteiger partial charge is 0.316 e. The van der Waals surface area contributed by atoms with Crippen LogP contribution >= 0.6 is 0 Å². The SMILES string of the molecule is CCOc1ncc(Nc2cc([C@@H](CC)CC(=O)O)ccc2N(CC(C)(C)O)C2CCCCC2)cn1. The number of nitrogens with one attached hydrogen (secondary N) is 1. The van der Waals surface area contributed by atoms with Crippen molar-refractivity contribution in [1.29, 1.82) is 0 Å². The van der Waals surface area contributed by atoms with Crippen LogP contribution in [0.4, 0.5) is 17.1 Å². The molecule has 1 aromatic carbocycles. The fourth-order valence-corrected chi connectivity index (χ4v) is 4.83. The first-order valence-electron chi connectivity index (χ1n) is 12.8. The molecule has 8 heteroatoms. The summed E-state index contributed by atoms with van der Waals surface area (Å²) in [5.74, 6) is -0.891. The van der Waals surface area contributed by atoms with Crippen LogP contribution in [0.1, 0.15) is 84.1 Å². The molecule has 0 aliphatic heterocycles. The van der Waals surface area contributed by atoms with E-state index in [2.05, 4.69) is 26.3 Å². The third-order valence-corrected chi connectivity index (χ3v) is 6.47. The van der Waals surface area contributed by atoms with Gasteiger partial charge in [-0.2, -0.15) is 0 Å². The van der Waals surface area contributed by atoms with Gasteiger partial charge in [0.1, 0.15) is 0 Å². The Balaban J connectivity index is 2.03. The standard InChI is InChI=1S/C27H40N4O4/c1-5-19(15-25(32)33)20-12-13-24(31(18-27(3,4)34)22-10-8-7-9-11-22)23(14-20)30-21-16-28-26(29-17-21)35-6-2/h12-14,16-17,19,22,30,34H,5-11,15,18H2,1-4H3,(H,32,33)/t19-/m0/s1. The fraction of sp³-hybridized carbons (Fsp3) is 0.593. The molecule has 1 aromatic heterocycles. The second-order valence-electron chi connectivity index (χ2n) is 10.0. The number of ether oxygens (including phenoxy) is 1. The van der Waals surface area contributed by atoms with E-state index in [0.29, 0.717) is 30.9 Å². The molecule has 0 radical (unpaired) electrons. The Kier molecular flexibility index (Phi) is 9.32. The van der Waals surface area contributed by atoms with Gasteiger partial charge in [-0.1, -0.05) is 32.3 Å². The van der Waals surface area contributed by atoms with Crippen LogP contribution < -0.4 is 15.0 Å². The minimum absolute atomic E-state index is 0.0808. The number of carboxylic acids is 1. The normalized spacial score (nSPS) is 15.5. The van der Waals surface area contributed by atoms with Crippen molar-refractivity contribution in [1.82, 2.24) is 9.97 Å². The highest BCUT2D eigenvalue weighted by molar-refractivity contribution is 5.77. The van der Waals surface area contributed by atoms with Crippen molar-refractivity contribution in [3.8, 4) is 6.01 Å². The minimum Gasteiger partial charge on any atom is -0.481 e. The summed E-state index contributed by atoms with van der Waals surface area (Å²) in [7, 11) is 0. The monoisotopic (exact) mass is 484 g/mol. The summed E-state index contributed by atoms with van der Waals surface area (Å²) in [6.45, 7) is 8.57. The molecule has 1 atom stereocenters. The van der Waals surface area contributed by atoms with Gasteiger partial charge in [0.05, 0.1) is 48.1 Å². The average molecular weight is 485 g/mol. The predicted octanol–water partition coefficient (Wildman–Crippen LogP) is 5.50. The molecule has 35 heavy (non-hydrogen) atoms. The quantitative estimate of drug-likeness (QED) is 0.363. The molecule has 1 fully saturated rings. The van der Waals surface area contributed by atoms with Gasteiger partial charge in [0.25, 0.3) is 0 Å². The zero-order valence-corrected chi connectivity index (χ0v) is 21.5. The van der Waals surface area contributed by atoms with Crippen molar-refractivity contribution >= 4 is 23.0 Å². The zero-order chi connectivity index (χ0) is 25.4. The zero-order valence-electron chi connectivity index (χ0n) is 21.5. The number of aliphatic hydroxyl groups is 1. The van der Waals surface area contributed by atoms with E-state index in [1.54, 1.807) is 12.4 Å². The fourth-order valence-electron chi connectivity index (χ4n) is 4.83. The lowest BCUT2D eigenvalue weighted by atomic mass is 9.90. The molecule has 0 saturated heterocycles. The summed E-state index contributed by atoms with van der Waals surface area (Å²) < 4.78 is 5.37. The molecule has 0 unspecified atom stereocenters. The van der Waals surface area contributed by atoms with Crippen molar-refractivity contribution in [2.45, 2.75) is 90.2 Å². The summed E-state index contributed by atoms with van der Waals surface area (Å²) in [5, 5.41) is 23.6. The highest BCUT2D eigenvalue weighted by atomic mass is 16.5. The number of aromatic nitrogens is 2. The van der Waals surface area contributed by atoms with Crippen LogP contribution in [-0.2, 0) is 4.79 Å². The molecule has 1 aliphatic carbocycles. The number of benzene rings is 1. The van der Waals surface area contributed by atoms with Crippen LogP contribution in [0.15, 0.2) is 30.6 Å². The number of carboxylic acid groups (broad SMARTS) is 1. The van der Waals surface area contributed by atoms with E-state index in [0.717, 1.165) is 36.2 Å². The molecule has 2 aromatic rings. The lowest BCUT2D eigenvalue weighted by molar-refractivity contribution is -0.137. The highest BCUT2D eigenvalue weighted by Crippen LogP contribution is 2.38. The third kappa shape index (κ3) is 7.82. The lowest BCUT2D eigenvalue weighted by Gasteiger charge is -2.40. The van der Waals surface area contributed by atoms with Crippen LogP contribution in [0.3, 0.4) is 0 Å². The number of carbonyl (C=O) groups is 1. The predicted molar refractivity (Wildman–Crippen MR) is 139 cm³/mol. The number of anilines is 3. The van der Waals surface area contributed by atoms with Crippen molar-refractivity contribution in [3.63, 3.8) is 0 Å². The summed E-state index contributed by atoms with van der Waals surface area (Å²) in [5.41, 5.74) is 2.66. The van der Waals surface area contributed by atoms with Gasteiger partial charge in [-0.15, -0.1) is 0 Å². The Bertz CT molecular complexity index is 953. The van der Waals surface area contributed by atoms with Gasteiger partial charge in [-0.25, -0.2) is 9.97 Å². The maximum absolute atomic E-state index is 11.5. The lowest BCUT2D eigenvalue weighted by Crippen LogP contribution is -2.45. The van der Waals surface area contributed by atoms with E-state index in [1.165, 1.54) is 19.3 Å². The van der Waals surface area contributed by atoms with Gasteiger partial charge in [0.15, 0.2) is 0 Å². The largest absolute Gasteiger partial charge is 0.481 e. The van der Waals surface area contributed by atoms with E-state index >= 15 is 0 Å². The van der Waals surface area contributed by atoms with Crippen molar-refractivity contribution in [2.24, 2.45) is 0 Å². The summed E-state index contributed by atoms with van der Waals surface area (Å²) in [6, 6.07) is 6.80. The Morgan fingerprint density at radius 3 is 2.46 bits per heavy atom. The molecule has 0 bridgehead atoms. The van der Waals surface area contributed by atoms with Crippen molar-refractivity contribution < 1.29 is 19.7 Å². The molecule has 192 valence electrons. The van der Waals surface area contributed by atoms with E-state index in [9.17, 15) is 15.0 Å². The van der Waals surface area contributed by atoms with E-state index in [1.807, 2.05) is 39.8 Å². The average Bonchev–Trinajstić information content (AvgIpc) is 2.82. The first-order valence-corrected chi connectivity index (χ1v) is 12.8. The molecular formula is C27H40N4O4. The van der Waals surface area contributed by atoms with Gasteiger partial charge in [0, 0.05) is 12.6 Å².